The molecule has 0 spiro atoms. The van der Waals surface area contributed by atoms with Gasteiger partial charge in [-0.05, 0) is 31.2 Å². The lowest BCUT2D eigenvalue weighted by Crippen LogP contribution is -2.53. The minimum atomic E-state index is -0.824. The van der Waals surface area contributed by atoms with E-state index in [1.54, 1.807) is 25.3 Å². The lowest BCUT2D eigenvalue weighted by atomic mass is 10.1. The fourth-order valence-electron chi connectivity index (χ4n) is 3.96. The SMILES string of the molecule is C[C@@H](C(=O)Nc1c(F)cccc1F)N1CCN(c2ccc([N+](=O)[O-])c3cnccc23)CC1. The molecule has 2 heterocycles. The van der Waals surface area contributed by atoms with Crippen molar-refractivity contribution in [2.24, 2.45) is 0 Å². The highest BCUT2D eigenvalue weighted by molar-refractivity contribution is 5.99. The Kier molecular flexibility index (Phi) is 5.95. The molecule has 1 atom stereocenters. The zero-order chi connectivity index (χ0) is 22.8. The number of nitrogens with zero attached hydrogens (tertiary/aromatic N) is 4. The zero-order valence-electron chi connectivity index (χ0n) is 17.3. The van der Waals surface area contributed by atoms with Crippen LogP contribution in [0, 0.1) is 21.7 Å². The standard InChI is InChI=1S/C22H21F2N5O3/c1-14(22(30)26-21-17(23)3-2-4-18(21)24)27-9-11-28(12-10-27)19-5-6-20(29(31)32)16-13-25-8-7-15(16)19/h2-8,13-14H,9-12H2,1H3,(H,26,30)/t14-/m0/s1. The normalized spacial score (nSPS) is 15.5. The molecule has 1 amide bonds. The average molecular weight is 441 g/mol. The molecule has 0 unspecified atom stereocenters. The van der Waals surface area contributed by atoms with Crippen LogP contribution in [-0.4, -0.2) is 52.9 Å². The highest BCUT2D eigenvalue weighted by Crippen LogP contribution is 2.33. The first kappa shape index (κ1) is 21.6. The summed E-state index contributed by atoms with van der Waals surface area (Å²) in [4.78, 5) is 31.5. The minimum absolute atomic E-state index is 0.00107. The van der Waals surface area contributed by atoms with Crippen molar-refractivity contribution in [2.45, 2.75) is 13.0 Å². The second kappa shape index (κ2) is 8.83. The number of para-hydroxylation sites is 1. The van der Waals surface area contributed by atoms with E-state index in [0.717, 1.165) is 23.2 Å². The molecule has 1 aliphatic heterocycles. The Hall–Kier alpha value is -3.66. The van der Waals surface area contributed by atoms with Gasteiger partial charge in [0.1, 0.15) is 17.3 Å². The van der Waals surface area contributed by atoms with Crippen LogP contribution in [0.3, 0.4) is 0 Å². The number of hydrogen-bond acceptors (Lipinski definition) is 6. The number of nitrogens with one attached hydrogen (secondary N) is 1. The Labute approximate surface area is 182 Å². The molecule has 166 valence electrons. The number of benzene rings is 2. The largest absolute Gasteiger partial charge is 0.368 e. The average Bonchev–Trinajstić information content (AvgIpc) is 2.80. The summed E-state index contributed by atoms with van der Waals surface area (Å²) in [5.41, 5.74) is 0.410. The molecular weight excluding hydrogens is 420 g/mol. The van der Waals surface area contributed by atoms with E-state index >= 15 is 0 Å². The first-order chi connectivity index (χ1) is 15.4. The maximum Gasteiger partial charge on any atom is 0.278 e. The molecule has 10 heteroatoms. The molecule has 0 bridgehead atoms. The Morgan fingerprint density at radius 1 is 1.09 bits per heavy atom. The summed E-state index contributed by atoms with van der Waals surface area (Å²) >= 11 is 0. The number of hydrogen-bond donors (Lipinski definition) is 1. The predicted octanol–water partition coefficient (Wildman–Crippen LogP) is 3.57. The first-order valence-corrected chi connectivity index (χ1v) is 10.1. The van der Waals surface area contributed by atoms with E-state index in [4.69, 9.17) is 0 Å². The van der Waals surface area contributed by atoms with Crippen LogP contribution in [0.5, 0.6) is 0 Å². The number of non-ortho nitro benzene ring substituents is 1. The van der Waals surface area contributed by atoms with E-state index in [2.05, 4.69) is 15.2 Å². The fourth-order valence-corrected chi connectivity index (χ4v) is 3.96. The Morgan fingerprint density at radius 3 is 2.44 bits per heavy atom. The molecule has 2 aromatic carbocycles. The summed E-state index contributed by atoms with van der Waals surface area (Å²) in [7, 11) is 0. The van der Waals surface area contributed by atoms with Crippen LogP contribution in [0.4, 0.5) is 25.8 Å². The van der Waals surface area contributed by atoms with Gasteiger partial charge in [-0.15, -0.1) is 0 Å². The van der Waals surface area contributed by atoms with Gasteiger partial charge in [0.25, 0.3) is 5.69 Å². The number of carbonyl (C=O) groups is 1. The van der Waals surface area contributed by atoms with Gasteiger partial charge in [-0.1, -0.05) is 6.07 Å². The summed E-state index contributed by atoms with van der Waals surface area (Å²) in [6.45, 7) is 3.94. The van der Waals surface area contributed by atoms with E-state index in [1.807, 2.05) is 4.90 Å². The number of nitro benzene ring substituents is 1. The van der Waals surface area contributed by atoms with Crippen LogP contribution in [0.25, 0.3) is 10.8 Å². The molecule has 1 N–H and O–H groups in total. The maximum absolute atomic E-state index is 13.8. The van der Waals surface area contributed by atoms with Crippen molar-refractivity contribution in [3.63, 3.8) is 0 Å². The molecule has 8 nitrogen and oxygen atoms in total. The number of carbonyl (C=O) groups excluding carboxylic acids is 1. The second-order valence-electron chi connectivity index (χ2n) is 7.57. The molecule has 0 radical (unpaired) electrons. The van der Waals surface area contributed by atoms with Crippen LogP contribution in [0.2, 0.25) is 0 Å². The van der Waals surface area contributed by atoms with Crippen LogP contribution in [-0.2, 0) is 4.79 Å². The van der Waals surface area contributed by atoms with E-state index in [9.17, 15) is 23.7 Å². The molecular formula is C22H21F2N5O3. The molecule has 1 saturated heterocycles. The minimum Gasteiger partial charge on any atom is -0.368 e. The number of amides is 1. The van der Waals surface area contributed by atoms with E-state index in [1.165, 1.54) is 18.3 Å². The number of rotatable bonds is 5. The molecule has 1 fully saturated rings. The molecule has 32 heavy (non-hydrogen) atoms. The molecule has 3 aromatic rings. The molecule has 0 aliphatic carbocycles. The molecule has 4 rings (SSSR count). The van der Waals surface area contributed by atoms with Crippen molar-refractivity contribution in [3.05, 3.63) is 70.5 Å². The lowest BCUT2D eigenvalue weighted by molar-refractivity contribution is -0.383. The summed E-state index contributed by atoms with van der Waals surface area (Å²) in [5, 5.41) is 14.9. The zero-order valence-corrected chi connectivity index (χ0v) is 17.3. The van der Waals surface area contributed by atoms with E-state index in [-0.39, 0.29) is 5.69 Å². The summed E-state index contributed by atoms with van der Waals surface area (Å²) in [6, 6.07) is 7.79. The van der Waals surface area contributed by atoms with Gasteiger partial charge in [0.2, 0.25) is 5.91 Å². The number of nitro groups is 1. The number of anilines is 2. The monoisotopic (exact) mass is 441 g/mol. The highest BCUT2D eigenvalue weighted by atomic mass is 19.1. The van der Waals surface area contributed by atoms with Crippen molar-refractivity contribution in [1.82, 2.24) is 9.88 Å². The molecule has 1 aliphatic rings. The van der Waals surface area contributed by atoms with Gasteiger partial charge in [-0.3, -0.25) is 24.8 Å². The van der Waals surface area contributed by atoms with Gasteiger partial charge in [-0.25, -0.2) is 8.78 Å². The Balaban J connectivity index is 1.46. The summed E-state index contributed by atoms with van der Waals surface area (Å²) < 4.78 is 27.7. The van der Waals surface area contributed by atoms with Crippen LogP contribution in [0.15, 0.2) is 48.8 Å². The quantitative estimate of drug-likeness (QED) is 0.481. The summed E-state index contributed by atoms with van der Waals surface area (Å²) in [6.07, 6.45) is 3.08. The smallest absolute Gasteiger partial charge is 0.278 e. The second-order valence-corrected chi connectivity index (χ2v) is 7.57. The highest BCUT2D eigenvalue weighted by Gasteiger charge is 2.28. The first-order valence-electron chi connectivity index (χ1n) is 10.1. The number of halogens is 2. The van der Waals surface area contributed by atoms with Crippen molar-refractivity contribution in [3.8, 4) is 0 Å². The predicted molar refractivity (Wildman–Crippen MR) is 117 cm³/mol. The van der Waals surface area contributed by atoms with Crippen molar-refractivity contribution < 1.29 is 18.5 Å². The number of pyridine rings is 1. The van der Waals surface area contributed by atoms with Gasteiger partial charge in [-0.2, -0.15) is 0 Å². The van der Waals surface area contributed by atoms with Crippen LogP contribution < -0.4 is 10.2 Å². The maximum atomic E-state index is 13.8. The van der Waals surface area contributed by atoms with Gasteiger partial charge in [0.05, 0.1) is 16.4 Å². The van der Waals surface area contributed by atoms with E-state index in [0.29, 0.717) is 31.6 Å². The van der Waals surface area contributed by atoms with E-state index < -0.39 is 34.2 Å². The number of fused-ring (bicyclic) bond motifs is 1. The fraction of sp³-hybridized carbons (Fsp3) is 0.273. The molecule has 0 saturated carbocycles. The van der Waals surface area contributed by atoms with Gasteiger partial charge in [0.15, 0.2) is 0 Å². The third-order valence-electron chi connectivity index (χ3n) is 5.76. The number of piperazine rings is 1. The third kappa shape index (κ3) is 4.09. The Morgan fingerprint density at radius 2 is 1.78 bits per heavy atom. The topological polar surface area (TPSA) is 91.6 Å². The van der Waals surface area contributed by atoms with Crippen molar-refractivity contribution in [1.29, 1.82) is 0 Å². The summed E-state index contributed by atoms with van der Waals surface area (Å²) in [5.74, 6) is -2.14. The lowest BCUT2D eigenvalue weighted by Gasteiger charge is -2.38. The Bertz CT molecular complexity index is 1160. The number of aromatic nitrogens is 1. The van der Waals surface area contributed by atoms with Gasteiger partial charge >= 0.3 is 0 Å². The van der Waals surface area contributed by atoms with Crippen LogP contribution >= 0.6 is 0 Å². The van der Waals surface area contributed by atoms with Crippen LogP contribution in [0.1, 0.15) is 6.92 Å². The van der Waals surface area contributed by atoms with Gasteiger partial charge in [0, 0.05) is 55.7 Å². The van der Waals surface area contributed by atoms with Crippen molar-refractivity contribution in [2.75, 3.05) is 36.4 Å². The third-order valence-corrected chi connectivity index (χ3v) is 5.76. The molecule has 1 aromatic heterocycles. The van der Waals surface area contributed by atoms with Gasteiger partial charge < -0.3 is 10.2 Å². The van der Waals surface area contributed by atoms with Crippen molar-refractivity contribution >= 4 is 33.7 Å².